The zero-order valence-corrected chi connectivity index (χ0v) is 14.7. The Bertz CT molecular complexity index is 879. The van der Waals surface area contributed by atoms with Crippen LogP contribution in [-0.2, 0) is 4.79 Å². The summed E-state index contributed by atoms with van der Waals surface area (Å²) in [6.07, 6.45) is -0.972. The monoisotopic (exact) mass is 369 g/mol. The smallest absolute Gasteiger partial charge is 0.298 e. The van der Waals surface area contributed by atoms with Gasteiger partial charge < -0.3 is 19.5 Å². The zero-order chi connectivity index (χ0) is 18.5. The van der Waals surface area contributed by atoms with Crippen LogP contribution in [0.5, 0.6) is 0 Å². The fraction of sp³-hybridized carbons (Fsp3) is 0.526. The average Bonchev–Trinajstić information content (AvgIpc) is 3.12. The van der Waals surface area contributed by atoms with Crippen molar-refractivity contribution in [1.29, 1.82) is 5.26 Å². The van der Waals surface area contributed by atoms with Crippen molar-refractivity contribution in [2.24, 2.45) is 11.8 Å². The molecular weight excluding hydrogens is 349 g/mol. The number of likely N-dealkylation sites (tertiary alicyclic amines) is 1. The molecule has 1 amide bonds. The summed E-state index contributed by atoms with van der Waals surface area (Å²) < 4.78 is 19.3. The minimum Gasteiger partial charge on any atom is -0.423 e. The van der Waals surface area contributed by atoms with Gasteiger partial charge in [-0.1, -0.05) is 12.1 Å². The molecule has 1 saturated carbocycles. The van der Waals surface area contributed by atoms with Gasteiger partial charge in [0.1, 0.15) is 17.7 Å². The number of anilines is 1. The summed E-state index contributed by atoms with van der Waals surface area (Å²) in [5, 5.41) is 12.4. The number of nitrogens with zero attached hydrogens (tertiary/aromatic N) is 4. The number of carbonyl (C=O) groups is 1. The van der Waals surface area contributed by atoms with Crippen molar-refractivity contribution in [3.8, 4) is 6.07 Å². The van der Waals surface area contributed by atoms with Gasteiger partial charge in [-0.05, 0) is 24.0 Å². The standard InChI is InChI=1S/C19H20FN5O2/c20-11-5-12(6-21)25(8-11)17(26)7-22-18-13-9-24(10-14(13)18)19-23-15-3-1-2-4-16(15)27-19/h1-4,11-14,18,22H,5,7-10H2/t11-,12-,13-,14+,18?/m0/s1. The number of benzene rings is 1. The molecule has 27 heavy (non-hydrogen) atoms. The maximum absolute atomic E-state index is 13.5. The molecule has 3 heterocycles. The number of halogens is 1. The molecule has 7 nitrogen and oxygen atoms in total. The van der Waals surface area contributed by atoms with Gasteiger partial charge in [0.25, 0.3) is 6.01 Å². The second-order valence-electron chi connectivity index (χ2n) is 7.63. The number of nitriles is 1. The van der Waals surface area contributed by atoms with Crippen molar-refractivity contribution in [1.82, 2.24) is 15.2 Å². The van der Waals surface area contributed by atoms with E-state index in [0.29, 0.717) is 23.9 Å². The summed E-state index contributed by atoms with van der Waals surface area (Å²) in [5.41, 5.74) is 1.65. The molecule has 0 bridgehead atoms. The van der Waals surface area contributed by atoms with Gasteiger partial charge in [0.15, 0.2) is 5.58 Å². The van der Waals surface area contributed by atoms with Crippen LogP contribution in [0.15, 0.2) is 28.7 Å². The van der Waals surface area contributed by atoms with Crippen LogP contribution < -0.4 is 10.2 Å². The van der Waals surface area contributed by atoms with Crippen LogP contribution in [0.1, 0.15) is 6.42 Å². The van der Waals surface area contributed by atoms with Gasteiger partial charge in [0, 0.05) is 25.6 Å². The van der Waals surface area contributed by atoms with Gasteiger partial charge in [-0.3, -0.25) is 4.79 Å². The quantitative estimate of drug-likeness (QED) is 0.875. The van der Waals surface area contributed by atoms with Crippen LogP contribution in [0.4, 0.5) is 10.4 Å². The molecule has 5 rings (SSSR count). The van der Waals surface area contributed by atoms with E-state index in [0.717, 1.165) is 24.2 Å². The van der Waals surface area contributed by atoms with Crippen molar-refractivity contribution >= 4 is 23.0 Å². The Morgan fingerprint density at radius 3 is 2.85 bits per heavy atom. The Balaban J connectivity index is 1.14. The van der Waals surface area contributed by atoms with Crippen molar-refractivity contribution in [2.75, 3.05) is 31.1 Å². The van der Waals surface area contributed by atoms with Gasteiger partial charge >= 0.3 is 0 Å². The number of hydrogen-bond acceptors (Lipinski definition) is 6. The molecule has 0 spiro atoms. The number of oxazole rings is 1. The first-order valence-corrected chi connectivity index (χ1v) is 9.31. The van der Waals surface area contributed by atoms with Crippen LogP contribution >= 0.6 is 0 Å². The Hall–Kier alpha value is -2.66. The van der Waals surface area contributed by atoms with Gasteiger partial charge in [0.05, 0.1) is 19.2 Å². The maximum atomic E-state index is 13.5. The number of nitrogens with one attached hydrogen (secondary N) is 1. The molecule has 3 aliphatic rings. The summed E-state index contributed by atoms with van der Waals surface area (Å²) in [7, 11) is 0. The van der Waals surface area contributed by atoms with E-state index in [1.807, 2.05) is 30.3 Å². The molecule has 1 aromatic heterocycles. The Morgan fingerprint density at radius 1 is 1.33 bits per heavy atom. The molecule has 2 saturated heterocycles. The molecule has 0 radical (unpaired) electrons. The molecular formula is C19H20FN5O2. The van der Waals surface area contributed by atoms with Crippen LogP contribution in [0.25, 0.3) is 11.1 Å². The first kappa shape index (κ1) is 16.5. The zero-order valence-electron chi connectivity index (χ0n) is 14.7. The molecule has 5 atom stereocenters. The molecule has 1 aromatic carbocycles. The van der Waals surface area contributed by atoms with Crippen LogP contribution in [0.3, 0.4) is 0 Å². The number of fused-ring (bicyclic) bond motifs is 2. The first-order chi connectivity index (χ1) is 13.1. The van der Waals surface area contributed by atoms with Crippen LogP contribution in [0, 0.1) is 23.2 Å². The van der Waals surface area contributed by atoms with Gasteiger partial charge in [0.2, 0.25) is 5.91 Å². The first-order valence-electron chi connectivity index (χ1n) is 9.31. The molecule has 1 N–H and O–H groups in total. The summed E-state index contributed by atoms with van der Waals surface area (Å²) in [4.78, 5) is 20.4. The summed E-state index contributed by atoms with van der Waals surface area (Å²) in [6.45, 7) is 1.88. The number of carbonyl (C=O) groups excluding carboxylic acids is 1. The third-order valence-corrected chi connectivity index (χ3v) is 5.96. The molecule has 3 fully saturated rings. The number of alkyl halides is 1. The Labute approximate surface area is 155 Å². The number of rotatable bonds is 4. The number of para-hydroxylation sites is 2. The van der Waals surface area contributed by atoms with E-state index >= 15 is 0 Å². The second-order valence-corrected chi connectivity index (χ2v) is 7.63. The second kappa shape index (κ2) is 6.20. The van der Waals surface area contributed by atoms with Gasteiger partial charge in [-0.15, -0.1) is 0 Å². The van der Waals surface area contributed by atoms with E-state index in [2.05, 4.69) is 15.2 Å². The van der Waals surface area contributed by atoms with Crippen LogP contribution in [0.2, 0.25) is 0 Å². The molecule has 2 aromatic rings. The van der Waals surface area contributed by atoms with Crippen LogP contribution in [-0.4, -0.2) is 60.2 Å². The maximum Gasteiger partial charge on any atom is 0.298 e. The number of amides is 1. The van der Waals surface area contributed by atoms with Gasteiger partial charge in [-0.25, -0.2) is 4.39 Å². The third-order valence-electron chi connectivity index (χ3n) is 5.96. The van der Waals surface area contributed by atoms with Crippen molar-refractivity contribution in [3.63, 3.8) is 0 Å². The fourth-order valence-corrected chi connectivity index (χ4v) is 4.47. The number of hydrogen-bond donors (Lipinski definition) is 1. The highest BCUT2D eigenvalue weighted by atomic mass is 19.1. The highest BCUT2D eigenvalue weighted by Crippen LogP contribution is 2.46. The highest BCUT2D eigenvalue weighted by Gasteiger charge is 2.56. The summed E-state index contributed by atoms with van der Waals surface area (Å²) in [5.74, 6) is 0.738. The minimum absolute atomic E-state index is 0.0295. The minimum atomic E-state index is -1.09. The van der Waals surface area contributed by atoms with Gasteiger partial charge in [-0.2, -0.15) is 10.2 Å². The van der Waals surface area contributed by atoms with E-state index in [1.165, 1.54) is 4.90 Å². The van der Waals surface area contributed by atoms with E-state index in [1.54, 1.807) is 0 Å². The highest BCUT2D eigenvalue weighted by molar-refractivity contribution is 5.79. The number of piperidine rings is 1. The van der Waals surface area contributed by atoms with Crippen molar-refractivity contribution < 1.29 is 13.6 Å². The largest absolute Gasteiger partial charge is 0.423 e. The molecule has 2 aliphatic heterocycles. The Morgan fingerprint density at radius 2 is 2.11 bits per heavy atom. The predicted octanol–water partition coefficient (Wildman–Crippen LogP) is 1.31. The lowest BCUT2D eigenvalue weighted by atomic mass is 10.2. The third kappa shape index (κ3) is 2.82. The van der Waals surface area contributed by atoms with E-state index in [4.69, 9.17) is 9.68 Å². The molecule has 1 unspecified atom stereocenters. The summed E-state index contributed by atoms with van der Waals surface area (Å²) in [6, 6.07) is 10.0. The number of aromatic nitrogens is 1. The topological polar surface area (TPSA) is 85.4 Å². The molecule has 8 heteroatoms. The Kier molecular flexibility index (Phi) is 3.79. The SMILES string of the molecule is N#C[C@@H]1C[C@H](F)CN1C(=O)CNC1[C@H]2CN(c3nc4ccccc4o3)C[C@@H]12. The fourth-order valence-electron chi connectivity index (χ4n) is 4.47. The van der Waals surface area contributed by atoms with E-state index in [9.17, 15) is 9.18 Å². The predicted molar refractivity (Wildman–Crippen MR) is 95.6 cm³/mol. The van der Waals surface area contributed by atoms with E-state index in [-0.39, 0.29) is 25.4 Å². The molecule has 140 valence electrons. The average molecular weight is 369 g/mol. The normalized spacial score (nSPS) is 31.9. The lowest BCUT2D eigenvalue weighted by molar-refractivity contribution is -0.130. The van der Waals surface area contributed by atoms with Crippen molar-refractivity contribution in [2.45, 2.75) is 24.7 Å². The lowest BCUT2D eigenvalue weighted by Crippen LogP contribution is -2.43. The lowest BCUT2D eigenvalue weighted by Gasteiger charge is -2.21. The van der Waals surface area contributed by atoms with Crippen molar-refractivity contribution in [3.05, 3.63) is 24.3 Å². The van der Waals surface area contributed by atoms with E-state index < -0.39 is 12.2 Å². The molecule has 1 aliphatic carbocycles. The summed E-state index contributed by atoms with van der Waals surface area (Å²) >= 11 is 0.